The van der Waals surface area contributed by atoms with Crippen molar-refractivity contribution in [1.82, 2.24) is 9.97 Å². The Labute approximate surface area is 196 Å². The summed E-state index contributed by atoms with van der Waals surface area (Å²) in [5.74, 6) is 1.39. The van der Waals surface area contributed by atoms with E-state index in [9.17, 15) is 9.59 Å². The lowest BCUT2D eigenvalue weighted by atomic mass is 9.94. The molecule has 0 fully saturated rings. The second-order valence-electron chi connectivity index (χ2n) is 7.25. The third kappa shape index (κ3) is 4.60. The molecule has 0 bridgehead atoms. The summed E-state index contributed by atoms with van der Waals surface area (Å²) in [5, 5.41) is 3.94. The molecule has 1 N–H and O–H groups in total. The number of carbonyl (C=O) groups is 2. The highest BCUT2D eigenvalue weighted by molar-refractivity contribution is 6.35. The zero-order valence-electron chi connectivity index (χ0n) is 19.0. The molecule has 0 amide bonds. The molecule has 9 heteroatoms. The zero-order chi connectivity index (χ0) is 24.1. The monoisotopic (exact) mass is 461 g/mol. The fourth-order valence-corrected chi connectivity index (χ4v) is 3.59. The molecule has 0 unspecified atom stereocenters. The number of nitrogens with zero attached hydrogens (tertiary/aromatic N) is 2. The molecule has 1 aliphatic carbocycles. The van der Waals surface area contributed by atoms with Gasteiger partial charge in [0.2, 0.25) is 0 Å². The van der Waals surface area contributed by atoms with E-state index in [2.05, 4.69) is 15.3 Å². The number of nitrogens with one attached hydrogen (secondary N) is 1. The summed E-state index contributed by atoms with van der Waals surface area (Å²) >= 11 is 0. The number of methoxy groups -OCH3 is 3. The largest absolute Gasteiger partial charge is 0.496 e. The van der Waals surface area contributed by atoms with E-state index in [-0.39, 0.29) is 17.1 Å². The van der Waals surface area contributed by atoms with E-state index >= 15 is 0 Å². The average molecular weight is 461 g/mol. The summed E-state index contributed by atoms with van der Waals surface area (Å²) in [7, 11) is 4.65. The van der Waals surface area contributed by atoms with Crippen molar-refractivity contribution in [1.29, 1.82) is 0 Å². The van der Waals surface area contributed by atoms with Gasteiger partial charge < -0.3 is 24.3 Å². The molecule has 1 aromatic heterocycles. The highest BCUT2D eigenvalue weighted by Gasteiger charge is 2.23. The molecule has 1 heterocycles. The van der Waals surface area contributed by atoms with Gasteiger partial charge in [-0.3, -0.25) is 9.59 Å². The number of ether oxygens (including phenoxy) is 4. The Hall–Kier alpha value is -4.24. The minimum atomic E-state index is -0.292. The first kappa shape index (κ1) is 22.9. The molecule has 0 aliphatic heterocycles. The predicted molar refractivity (Wildman–Crippen MR) is 127 cm³/mol. The van der Waals surface area contributed by atoms with Gasteiger partial charge in [-0.1, -0.05) is 6.07 Å². The number of fused-ring (bicyclic) bond motifs is 1. The summed E-state index contributed by atoms with van der Waals surface area (Å²) in [5.41, 5.74) is 1.87. The van der Waals surface area contributed by atoms with Crippen molar-refractivity contribution in [3.63, 3.8) is 0 Å². The molecule has 1 aliphatic rings. The van der Waals surface area contributed by atoms with Crippen LogP contribution in [0.25, 0.3) is 16.5 Å². The fourth-order valence-electron chi connectivity index (χ4n) is 3.59. The minimum Gasteiger partial charge on any atom is -0.496 e. The van der Waals surface area contributed by atoms with Crippen LogP contribution in [0.2, 0.25) is 0 Å². The lowest BCUT2D eigenvalue weighted by molar-refractivity contribution is -0.113. The Bertz CT molecular complexity index is 1320. The number of allylic oxidation sites excluding steroid dienone is 4. The molecule has 0 spiro atoms. The summed E-state index contributed by atoms with van der Waals surface area (Å²) in [4.78, 5) is 33.3. The van der Waals surface area contributed by atoms with Crippen molar-refractivity contribution in [2.45, 2.75) is 0 Å². The lowest BCUT2D eigenvalue weighted by Gasteiger charge is -2.18. The summed E-state index contributed by atoms with van der Waals surface area (Å²) < 4.78 is 21.8. The molecular formula is C25H23N3O6. The van der Waals surface area contributed by atoms with Crippen molar-refractivity contribution in [2.75, 3.05) is 39.9 Å². The first-order chi connectivity index (χ1) is 16.5. The number of anilines is 2. The van der Waals surface area contributed by atoms with Gasteiger partial charge in [-0.05, 0) is 36.4 Å². The number of rotatable bonds is 9. The highest BCUT2D eigenvalue weighted by atomic mass is 16.5. The van der Waals surface area contributed by atoms with Crippen LogP contribution in [-0.2, 0) is 14.3 Å². The molecular weight excluding hydrogens is 438 g/mol. The number of ketones is 2. The van der Waals surface area contributed by atoms with E-state index in [1.165, 1.54) is 31.7 Å². The van der Waals surface area contributed by atoms with Crippen LogP contribution >= 0.6 is 0 Å². The summed E-state index contributed by atoms with van der Waals surface area (Å²) in [6.07, 6.45) is 5.22. The average Bonchev–Trinajstić information content (AvgIpc) is 2.85. The number of hydrogen-bond donors (Lipinski definition) is 1. The topological polar surface area (TPSA) is 109 Å². The first-order valence-electron chi connectivity index (χ1n) is 10.4. The fraction of sp³-hybridized carbons (Fsp3) is 0.200. The standard InChI is InChI=1S/C25H23N3O6/c1-31-9-10-34-23-13-19-16(12-22(23)33-3)25(27-14-26-19)28-18-5-4-6-21(32-2)24(18)17-11-15(29)7-8-20(17)30/h4-8,11-14H,9-10H2,1-3H3,(H,26,27,28). The van der Waals surface area contributed by atoms with Crippen molar-refractivity contribution >= 4 is 39.5 Å². The smallest absolute Gasteiger partial charge is 0.186 e. The Kier molecular flexibility index (Phi) is 6.84. The molecule has 4 rings (SSSR count). The van der Waals surface area contributed by atoms with E-state index in [4.69, 9.17) is 18.9 Å². The van der Waals surface area contributed by atoms with Crippen LogP contribution in [0.1, 0.15) is 5.56 Å². The zero-order valence-corrected chi connectivity index (χ0v) is 19.0. The van der Waals surface area contributed by atoms with E-state index in [1.807, 2.05) is 0 Å². The number of carbonyl (C=O) groups excluding carboxylic acids is 2. The van der Waals surface area contributed by atoms with Crippen LogP contribution in [-0.4, -0.2) is 56.1 Å². The first-order valence-corrected chi connectivity index (χ1v) is 10.4. The molecule has 34 heavy (non-hydrogen) atoms. The molecule has 2 aromatic carbocycles. The van der Waals surface area contributed by atoms with E-state index in [0.717, 1.165) is 0 Å². The van der Waals surface area contributed by atoms with Gasteiger partial charge in [0.25, 0.3) is 0 Å². The van der Waals surface area contributed by atoms with Crippen LogP contribution in [0.15, 0.2) is 54.9 Å². The quantitative estimate of drug-likeness (QED) is 0.378. The molecule has 174 valence electrons. The van der Waals surface area contributed by atoms with Gasteiger partial charge in [-0.25, -0.2) is 9.97 Å². The number of aromatic nitrogens is 2. The molecule has 0 atom stereocenters. The van der Waals surface area contributed by atoms with Gasteiger partial charge in [0.1, 0.15) is 24.5 Å². The maximum atomic E-state index is 12.6. The van der Waals surface area contributed by atoms with Gasteiger partial charge >= 0.3 is 0 Å². The summed E-state index contributed by atoms with van der Waals surface area (Å²) in [6.45, 7) is 0.792. The van der Waals surface area contributed by atoms with Crippen molar-refractivity contribution in [3.8, 4) is 17.2 Å². The molecule has 0 radical (unpaired) electrons. The number of benzene rings is 2. The van der Waals surface area contributed by atoms with Gasteiger partial charge in [0, 0.05) is 24.1 Å². The number of hydrogen-bond acceptors (Lipinski definition) is 9. The van der Waals surface area contributed by atoms with Crippen LogP contribution in [0.5, 0.6) is 17.2 Å². The Balaban J connectivity index is 1.79. The van der Waals surface area contributed by atoms with Crippen molar-refractivity contribution in [2.24, 2.45) is 0 Å². The van der Waals surface area contributed by atoms with Crippen LogP contribution in [0.4, 0.5) is 11.5 Å². The van der Waals surface area contributed by atoms with E-state index in [1.54, 1.807) is 44.6 Å². The van der Waals surface area contributed by atoms with Crippen LogP contribution in [0.3, 0.4) is 0 Å². The maximum absolute atomic E-state index is 12.6. The third-order valence-corrected chi connectivity index (χ3v) is 5.19. The van der Waals surface area contributed by atoms with Gasteiger partial charge in [0.15, 0.2) is 23.1 Å². The van der Waals surface area contributed by atoms with Gasteiger partial charge in [-0.15, -0.1) is 0 Å². The van der Waals surface area contributed by atoms with E-state index in [0.29, 0.717) is 58.4 Å². The lowest BCUT2D eigenvalue weighted by Crippen LogP contribution is -2.10. The van der Waals surface area contributed by atoms with Gasteiger partial charge in [0.05, 0.1) is 37.6 Å². The second kappa shape index (κ2) is 10.1. The third-order valence-electron chi connectivity index (χ3n) is 5.19. The Morgan fingerprint density at radius 3 is 2.50 bits per heavy atom. The normalized spacial score (nSPS) is 13.1. The van der Waals surface area contributed by atoms with Crippen LogP contribution < -0.4 is 19.5 Å². The van der Waals surface area contributed by atoms with Crippen LogP contribution in [0, 0.1) is 0 Å². The molecule has 0 saturated carbocycles. The van der Waals surface area contributed by atoms with Gasteiger partial charge in [-0.2, -0.15) is 0 Å². The van der Waals surface area contributed by atoms with E-state index < -0.39 is 0 Å². The Morgan fingerprint density at radius 1 is 0.912 bits per heavy atom. The summed E-state index contributed by atoms with van der Waals surface area (Å²) in [6, 6.07) is 8.82. The molecule has 3 aromatic rings. The minimum absolute atomic E-state index is 0.234. The molecule has 9 nitrogen and oxygen atoms in total. The Morgan fingerprint density at radius 2 is 1.74 bits per heavy atom. The predicted octanol–water partition coefficient (Wildman–Crippen LogP) is 3.51. The van der Waals surface area contributed by atoms with Crippen molar-refractivity contribution < 1.29 is 28.5 Å². The molecule has 0 saturated heterocycles. The maximum Gasteiger partial charge on any atom is 0.186 e. The second-order valence-corrected chi connectivity index (χ2v) is 7.25. The van der Waals surface area contributed by atoms with Crippen molar-refractivity contribution in [3.05, 3.63) is 60.5 Å². The highest BCUT2D eigenvalue weighted by Crippen LogP contribution is 2.39. The SMILES string of the molecule is COCCOc1cc2ncnc(Nc3cccc(OC)c3C3=CC(=O)C=CC3=O)c2cc1OC.